The Bertz CT molecular complexity index is 1180. The van der Waals surface area contributed by atoms with Crippen molar-refractivity contribution in [2.24, 2.45) is 11.8 Å². The van der Waals surface area contributed by atoms with E-state index in [0.717, 1.165) is 49.5 Å². The van der Waals surface area contributed by atoms with Crippen molar-refractivity contribution in [1.29, 1.82) is 0 Å². The van der Waals surface area contributed by atoms with Crippen molar-refractivity contribution in [1.82, 2.24) is 9.88 Å². The van der Waals surface area contributed by atoms with Crippen LogP contribution < -0.4 is 0 Å². The molecule has 0 bridgehead atoms. The molecule has 32 heavy (non-hydrogen) atoms. The summed E-state index contributed by atoms with van der Waals surface area (Å²) in [6, 6.07) is 13.1. The second-order valence-electron chi connectivity index (χ2n) is 9.79. The third kappa shape index (κ3) is 3.57. The van der Waals surface area contributed by atoms with Gasteiger partial charge in [0, 0.05) is 18.9 Å². The third-order valence-electron chi connectivity index (χ3n) is 7.77. The molecule has 2 aromatic carbocycles. The van der Waals surface area contributed by atoms with Gasteiger partial charge in [0.2, 0.25) is 0 Å². The van der Waals surface area contributed by atoms with Gasteiger partial charge in [0.25, 0.3) is 0 Å². The van der Waals surface area contributed by atoms with Crippen molar-refractivity contribution >= 4 is 16.8 Å². The van der Waals surface area contributed by atoms with E-state index in [-0.39, 0.29) is 12.5 Å². The minimum Gasteiger partial charge on any atom is -0.392 e. The highest BCUT2D eigenvalue weighted by molar-refractivity contribution is 5.90. The Hall–Kier alpha value is -2.53. The summed E-state index contributed by atoms with van der Waals surface area (Å²) in [6.45, 7) is 2.94. The largest absolute Gasteiger partial charge is 0.392 e. The van der Waals surface area contributed by atoms with Gasteiger partial charge in [-0.3, -0.25) is 9.88 Å². The predicted octanol–water partition coefficient (Wildman–Crippen LogP) is 4.80. The zero-order valence-corrected chi connectivity index (χ0v) is 18.3. The summed E-state index contributed by atoms with van der Waals surface area (Å²) >= 11 is 0. The van der Waals surface area contributed by atoms with E-state index in [1.165, 1.54) is 28.3 Å². The van der Waals surface area contributed by atoms with Crippen LogP contribution in [0, 0.1) is 11.8 Å². The van der Waals surface area contributed by atoms with Gasteiger partial charge in [-0.2, -0.15) is 0 Å². The first kappa shape index (κ1) is 20.1. The van der Waals surface area contributed by atoms with Crippen molar-refractivity contribution in [3.8, 4) is 0 Å². The second-order valence-corrected chi connectivity index (χ2v) is 9.79. The number of aliphatic hydroxyl groups is 2. The lowest BCUT2D eigenvalue weighted by Gasteiger charge is -2.35. The molecule has 1 aliphatic heterocycles. The first-order valence-electron chi connectivity index (χ1n) is 11.9. The first-order valence-corrected chi connectivity index (χ1v) is 11.9. The number of benzene rings is 2. The molecule has 6 rings (SSSR count). The number of hydrogen-bond donors (Lipinski definition) is 2. The Balaban J connectivity index is 1.21. The average Bonchev–Trinajstić information content (AvgIpc) is 3.64. The molecule has 1 saturated heterocycles. The quantitative estimate of drug-likeness (QED) is 0.615. The van der Waals surface area contributed by atoms with Gasteiger partial charge in [-0.05, 0) is 101 Å². The van der Waals surface area contributed by atoms with Crippen LogP contribution in [0.1, 0.15) is 59.1 Å². The van der Waals surface area contributed by atoms with Crippen molar-refractivity contribution in [2.75, 3.05) is 13.1 Å². The van der Waals surface area contributed by atoms with Crippen LogP contribution in [0.2, 0.25) is 0 Å². The monoisotopic (exact) mass is 426 g/mol. The molecular weight excluding hydrogens is 396 g/mol. The maximum Gasteiger partial charge on any atom is 0.0834 e. The Labute approximate surface area is 189 Å². The number of aliphatic hydroxyl groups excluding tert-OH is 2. The van der Waals surface area contributed by atoms with Crippen LogP contribution in [0.25, 0.3) is 16.8 Å². The number of likely N-dealkylation sites (tertiary alicyclic amines) is 1. The third-order valence-corrected chi connectivity index (χ3v) is 7.77. The van der Waals surface area contributed by atoms with Crippen molar-refractivity contribution in [3.63, 3.8) is 0 Å². The van der Waals surface area contributed by atoms with Gasteiger partial charge in [-0.25, -0.2) is 0 Å². The SMILES string of the molecule is OCc1cncc(C(O)C2CCN(Cc3c4c(cc5ccccc35)C=CC3CC43)CC2)c1. The lowest BCUT2D eigenvalue weighted by atomic mass is 9.85. The van der Waals surface area contributed by atoms with E-state index in [2.05, 4.69) is 52.4 Å². The Morgan fingerprint density at radius 1 is 1.09 bits per heavy atom. The lowest BCUT2D eigenvalue weighted by Crippen LogP contribution is -2.35. The molecule has 2 heterocycles. The van der Waals surface area contributed by atoms with Gasteiger partial charge in [0.1, 0.15) is 0 Å². The number of fused-ring (bicyclic) bond motifs is 4. The maximum absolute atomic E-state index is 10.9. The van der Waals surface area contributed by atoms with Crippen LogP contribution in [0.3, 0.4) is 0 Å². The molecule has 0 radical (unpaired) electrons. The van der Waals surface area contributed by atoms with Crippen LogP contribution in [0.4, 0.5) is 0 Å². The summed E-state index contributed by atoms with van der Waals surface area (Å²) in [4.78, 5) is 6.76. The summed E-state index contributed by atoms with van der Waals surface area (Å²) < 4.78 is 0. The van der Waals surface area contributed by atoms with Gasteiger partial charge in [-0.1, -0.05) is 36.4 Å². The number of rotatable bonds is 5. The van der Waals surface area contributed by atoms with Crippen LogP contribution in [0.5, 0.6) is 0 Å². The summed E-state index contributed by atoms with van der Waals surface area (Å²) in [5.74, 6) is 1.69. The highest BCUT2D eigenvalue weighted by Gasteiger charge is 2.41. The van der Waals surface area contributed by atoms with Gasteiger partial charge in [0.05, 0.1) is 12.7 Å². The molecule has 3 atom stereocenters. The summed E-state index contributed by atoms with van der Waals surface area (Å²) in [5, 5.41) is 23.1. The highest BCUT2D eigenvalue weighted by atomic mass is 16.3. The molecule has 2 fully saturated rings. The normalized spacial score (nSPS) is 23.7. The van der Waals surface area contributed by atoms with E-state index >= 15 is 0 Å². The van der Waals surface area contributed by atoms with Crippen LogP contribution in [-0.2, 0) is 13.2 Å². The van der Waals surface area contributed by atoms with E-state index in [9.17, 15) is 10.2 Å². The topological polar surface area (TPSA) is 56.6 Å². The van der Waals surface area contributed by atoms with E-state index < -0.39 is 6.10 Å². The van der Waals surface area contributed by atoms with Crippen molar-refractivity contribution in [3.05, 3.63) is 82.7 Å². The molecule has 164 valence electrons. The molecule has 3 unspecified atom stereocenters. The molecule has 0 amide bonds. The first-order chi connectivity index (χ1) is 15.7. The number of piperidine rings is 1. The zero-order valence-electron chi connectivity index (χ0n) is 18.3. The van der Waals surface area contributed by atoms with Gasteiger partial charge < -0.3 is 10.2 Å². The van der Waals surface area contributed by atoms with E-state index in [4.69, 9.17) is 0 Å². The highest BCUT2D eigenvalue weighted by Crippen LogP contribution is 2.55. The van der Waals surface area contributed by atoms with Crippen molar-refractivity contribution < 1.29 is 10.2 Å². The molecular formula is C28H30N2O2. The summed E-state index contributed by atoms with van der Waals surface area (Å²) in [7, 11) is 0. The molecule has 3 aromatic rings. The summed E-state index contributed by atoms with van der Waals surface area (Å²) in [6.07, 6.45) is 10.9. The van der Waals surface area contributed by atoms with Crippen LogP contribution in [-0.4, -0.2) is 33.2 Å². The standard InChI is InChI=1S/C28H30N2O2/c31-17-18-11-23(15-29-14-18)28(32)19-7-9-30(10-8-19)16-26-24-4-2-1-3-20(24)12-22-6-5-21-13-25(21)27(22)26/h1-6,11-12,14-15,19,21,25,28,31-32H,7-10,13,16-17H2. The molecule has 2 N–H and O–H groups in total. The van der Waals surface area contributed by atoms with Gasteiger partial charge in [0.15, 0.2) is 0 Å². The summed E-state index contributed by atoms with van der Waals surface area (Å²) in [5.41, 5.74) is 6.11. The lowest BCUT2D eigenvalue weighted by molar-refractivity contribution is 0.0565. The fourth-order valence-corrected chi connectivity index (χ4v) is 5.87. The fourth-order valence-electron chi connectivity index (χ4n) is 5.87. The van der Waals surface area contributed by atoms with E-state index in [1.807, 2.05) is 6.07 Å². The second kappa shape index (κ2) is 8.11. The molecule has 4 heteroatoms. The number of pyridine rings is 1. The minimum absolute atomic E-state index is 0.0433. The Kier molecular flexibility index (Phi) is 5.09. The van der Waals surface area contributed by atoms with Crippen molar-refractivity contribution in [2.45, 2.75) is 44.4 Å². The molecule has 0 spiro atoms. The average molecular weight is 427 g/mol. The zero-order chi connectivity index (χ0) is 21.7. The number of hydrogen-bond acceptors (Lipinski definition) is 4. The maximum atomic E-state index is 10.9. The van der Waals surface area contributed by atoms with Crippen LogP contribution >= 0.6 is 0 Å². The smallest absolute Gasteiger partial charge is 0.0834 e. The van der Waals surface area contributed by atoms with Crippen LogP contribution in [0.15, 0.2) is 54.9 Å². The number of allylic oxidation sites excluding steroid dienone is 1. The molecule has 1 aromatic heterocycles. The number of nitrogens with zero attached hydrogens (tertiary/aromatic N) is 2. The van der Waals surface area contributed by atoms with Gasteiger partial charge >= 0.3 is 0 Å². The predicted molar refractivity (Wildman–Crippen MR) is 127 cm³/mol. The number of aromatic nitrogens is 1. The van der Waals surface area contributed by atoms with E-state index in [1.54, 1.807) is 18.0 Å². The molecule has 1 saturated carbocycles. The fraction of sp³-hybridized carbons (Fsp3) is 0.393. The van der Waals surface area contributed by atoms with E-state index in [0.29, 0.717) is 5.92 Å². The molecule has 4 nitrogen and oxygen atoms in total. The Morgan fingerprint density at radius 2 is 1.94 bits per heavy atom. The Morgan fingerprint density at radius 3 is 2.78 bits per heavy atom. The molecule has 3 aliphatic rings. The molecule has 2 aliphatic carbocycles. The van der Waals surface area contributed by atoms with Gasteiger partial charge in [-0.15, -0.1) is 0 Å². The minimum atomic E-state index is -0.515.